The van der Waals surface area contributed by atoms with Crippen molar-refractivity contribution in [2.75, 3.05) is 13.1 Å². The summed E-state index contributed by atoms with van der Waals surface area (Å²) < 4.78 is 28.1. The van der Waals surface area contributed by atoms with Gasteiger partial charge in [-0.05, 0) is 80.8 Å². The van der Waals surface area contributed by atoms with Crippen molar-refractivity contribution in [1.29, 1.82) is 5.41 Å². The molecule has 4 atom stereocenters. The molecule has 1 saturated heterocycles. The molecule has 3 aliphatic rings. The molecule has 2 N–H and O–H groups in total. The first-order valence-electron chi connectivity index (χ1n) is 11.9. The highest BCUT2D eigenvalue weighted by atomic mass is 35.5. The molecule has 3 fully saturated rings. The molecule has 32 heavy (non-hydrogen) atoms. The van der Waals surface area contributed by atoms with Crippen LogP contribution in [0.2, 0.25) is 5.02 Å². The number of sulfonamides is 1. The van der Waals surface area contributed by atoms with Gasteiger partial charge in [-0.1, -0.05) is 37.3 Å². The SMILES string of the molecule is N=CCC1(C(=O)NCC2CCCCN2S(=O)(=O)c2ccc(Cl)cc2)C[C@@H]2CCC[C@@H](C2)C1. The largest absolute Gasteiger partial charge is 0.354 e. The number of rotatable bonds is 7. The van der Waals surface area contributed by atoms with E-state index in [0.29, 0.717) is 36.4 Å². The van der Waals surface area contributed by atoms with Crippen LogP contribution in [0.3, 0.4) is 0 Å². The fraction of sp³-hybridized carbons (Fsp3) is 0.667. The summed E-state index contributed by atoms with van der Waals surface area (Å²) in [5, 5.41) is 11.3. The molecule has 1 aromatic rings. The predicted molar refractivity (Wildman–Crippen MR) is 127 cm³/mol. The Morgan fingerprint density at radius 3 is 2.47 bits per heavy atom. The molecule has 2 bridgehead atoms. The number of carbonyl (C=O) groups excluding carboxylic acids is 1. The van der Waals surface area contributed by atoms with Crippen LogP contribution >= 0.6 is 11.6 Å². The number of benzene rings is 1. The van der Waals surface area contributed by atoms with E-state index >= 15 is 0 Å². The van der Waals surface area contributed by atoms with Gasteiger partial charge in [0.05, 0.1) is 10.3 Å². The van der Waals surface area contributed by atoms with Crippen LogP contribution in [0.25, 0.3) is 0 Å². The smallest absolute Gasteiger partial charge is 0.243 e. The Hall–Kier alpha value is -1.44. The summed E-state index contributed by atoms with van der Waals surface area (Å²) in [5.74, 6) is 1.15. The minimum atomic E-state index is -3.65. The quantitative estimate of drug-likeness (QED) is 0.559. The van der Waals surface area contributed by atoms with E-state index in [1.54, 1.807) is 28.6 Å². The number of carbonyl (C=O) groups is 1. The van der Waals surface area contributed by atoms with Crippen LogP contribution in [0.4, 0.5) is 0 Å². The Morgan fingerprint density at radius 1 is 1.12 bits per heavy atom. The maximum atomic E-state index is 13.5. The Balaban J connectivity index is 1.47. The first-order valence-corrected chi connectivity index (χ1v) is 13.7. The summed E-state index contributed by atoms with van der Waals surface area (Å²) in [7, 11) is -3.65. The van der Waals surface area contributed by atoms with E-state index in [-0.39, 0.29) is 16.8 Å². The monoisotopic (exact) mass is 479 g/mol. The van der Waals surface area contributed by atoms with Crippen molar-refractivity contribution in [3.8, 4) is 0 Å². The van der Waals surface area contributed by atoms with Gasteiger partial charge in [0.25, 0.3) is 0 Å². The molecule has 0 aromatic heterocycles. The van der Waals surface area contributed by atoms with Crippen LogP contribution in [0.1, 0.15) is 64.2 Å². The van der Waals surface area contributed by atoms with Crippen LogP contribution in [0.5, 0.6) is 0 Å². The van der Waals surface area contributed by atoms with Crippen LogP contribution < -0.4 is 5.32 Å². The van der Waals surface area contributed by atoms with Gasteiger partial charge in [-0.25, -0.2) is 8.42 Å². The fourth-order valence-corrected chi connectivity index (χ4v) is 8.05. The third-order valence-electron chi connectivity index (χ3n) is 7.72. The fourth-order valence-electron chi connectivity index (χ4n) is 6.24. The van der Waals surface area contributed by atoms with E-state index in [1.165, 1.54) is 31.9 Å². The van der Waals surface area contributed by atoms with Crippen molar-refractivity contribution in [1.82, 2.24) is 9.62 Å². The Labute approximate surface area is 196 Å². The van der Waals surface area contributed by atoms with Crippen LogP contribution in [-0.2, 0) is 14.8 Å². The molecule has 1 aromatic carbocycles. The van der Waals surface area contributed by atoms with Crippen molar-refractivity contribution < 1.29 is 13.2 Å². The standard InChI is InChI=1S/C24H34ClN3O3S/c25-20-7-9-22(10-8-20)32(30,31)28-13-2-1-6-21(28)17-27-23(29)24(11-12-26)15-18-4-3-5-19(14-18)16-24/h7-10,12,18-19,21,26H,1-6,11,13-17H2,(H,27,29)/t18-,19+,21?,24?. The molecule has 6 nitrogen and oxygen atoms in total. The summed E-state index contributed by atoms with van der Waals surface area (Å²) in [6.45, 7) is 0.780. The third-order valence-corrected chi connectivity index (χ3v) is 9.93. The van der Waals surface area contributed by atoms with Gasteiger partial charge in [0, 0.05) is 24.2 Å². The van der Waals surface area contributed by atoms with E-state index in [0.717, 1.165) is 32.1 Å². The van der Waals surface area contributed by atoms with Crippen molar-refractivity contribution in [2.45, 2.75) is 75.1 Å². The topological polar surface area (TPSA) is 90.3 Å². The molecule has 2 unspecified atom stereocenters. The molecule has 4 rings (SSSR count). The summed E-state index contributed by atoms with van der Waals surface area (Å²) in [4.78, 5) is 13.7. The number of piperidine rings is 1. The third kappa shape index (κ3) is 4.90. The number of hydrogen-bond donors (Lipinski definition) is 2. The Kier molecular flexibility index (Phi) is 7.27. The van der Waals surface area contributed by atoms with Gasteiger partial charge in [0.15, 0.2) is 0 Å². The van der Waals surface area contributed by atoms with E-state index < -0.39 is 15.4 Å². The second-order valence-corrected chi connectivity index (χ2v) is 12.3. The lowest BCUT2D eigenvalue weighted by Crippen LogP contribution is -2.53. The normalized spacial score (nSPS) is 31.1. The van der Waals surface area contributed by atoms with E-state index in [2.05, 4.69) is 5.32 Å². The second kappa shape index (κ2) is 9.82. The molecule has 0 radical (unpaired) electrons. The van der Waals surface area contributed by atoms with Gasteiger partial charge in [-0.15, -0.1) is 0 Å². The highest BCUT2D eigenvalue weighted by molar-refractivity contribution is 7.89. The minimum Gasteiger partial charge on any atom is -0.354 e. The molecular formula is C24H34ClN3O3S. The number of amides is 1. The molecule has 8 heteroatoms. The lowest BCUT2D eigenvalue weighted by molar-refractivity contribution is -0.136. The van der Waals surface area contributed by atoms with E-state index in [4.69, 9.17) is 17.0 Å². The zero-order valence-electron chi connectivity index (χ0n) is 18.6. The lowest BCUT2D eigenvalue weighted by Gasteiger charge is -2.46. The van der Waals surface area contributed by atoms with Gasteiger partial charge in [0.2, 0.25) is 15.9 Å². The second-order valence-electron chi connectivity index (χ2n) is 9.92. The van der Waals surface area contributed by atoms with Crippen LogP contribution in [0.15, 0.2) is 29.2 Å². The number of hydrogen-bond acceptors (Lipinski definition) is 4. The zero-order chi connectivity index (χ0) is 22.8. The van der Waals surface area contributed by atoms with Gasteiger partial charge in [-0.2, -0.15) is 4.31 Å². The van der Waals surface area contributed by atoms with Crippen LogP contribution in [-0.4, -0.2) is 44.0 Å². The maximum absolute atomic E-state index is 13.5. The molecule has 1 heterocycles. The summed E-state index contributed by atoms with van der Waals surface area (Å²) in [6.07, 6.45) is 10.9. The molecule has 2 saturated carbocycles. The zero-order valence-corrected chi connectivity index (χ0v) is 20.1. The van der Waals surface area contributed by atoms with Crippen molar-refractivity contribution in [3.05, 3.63) is 29.3 Å². The molecule has 1 aliphatic heterocycles. The van der Waals surface area contributed by atoms with Crippen molar-refractivity contribution in [2.24, 2.45) is 17.3 Å². The number of nitrogens with zero attached hydrogens (tertiary/aromatic N) is 1. The van der Waals surface area contributed by atoms with Crippen molar-refractivity contribution >= 4 is 33.7 Å². The van der Waals surface area contributed by atoms with Gasteiger partial charge in [0.1, 0.15) is 0 Å². The first kappa shape index (κ1) is 23.7. The Bertz CT molecular complexity index is 922. The molecule has 1 amide bonds. The summed E-state index contributed by atoms with van der Waals surface area (Å²) >= 11 is 5.94. The van der Waals surface area contributed by atoms with Crippen molar-refractivity contribution in [3.63, 3.8) is 0 Å². The van der Waals surface area contributed by atoms with Gasteiger partial charge >= 0.3 is 0 Å². The number of halogens is 1. The molecule has 2 aliphatic carbocycles. The lowest BCUT2D eigenvalue weighted by atomic mass is 9.59. The first-order chi connectivity index (χ1) is 15.3. The van der Waals surface area contributed by atoms with E-state index in [9.17, 15) is 13.2 Å². The molecular weight excluding hydrogens is 446 g/mol. The van der Waals surface area contributed by atoms with Crippen LogP contribution in [0, 0.1) is 22.7 Å². The van der Waals surface area contributed by atoms with Gasteiger partial charge < -0.3 is 10.7 Å². The highest BCUT2D eigenvalue weighted by Crippen LogP contribution is 2.50. The maximum Gasteiger partial charge on any atom is 0.243 e. The van der Waals surface area contributed by atoms with E-state index in [1.807, 2.05) is 0 Å². The number of nitrogens with one attached hydrogen (secondary N) is 2. The highest BCUT2D eigenvalue weighted by Gasteiger charge is 2.46. The average Bonchev–Trinajstić information content (AvgIpc) is 2.78. The average molecular weight is 480 g/mol. The summed E-state index contributed by atoms with van der Waals surface area (Å²) in [6, 6.07) is 6.02. The Morgan fingerprint density at radius 2 is 1.81 bits per heavy atom. The minimum absolute atomic E-state index is 0.00649. The predicted octanol–water partition coefficient (Wildman–Crippen LogP) is 4.63. The molecule has 176 valence electrons. The number of fused-ring (bicyclic) bond motifs is 2. The summed E-state index contributed by atoms with van der Waals surface area (Å²) in [5.41, 5.74) is -0.510. The molecule has 0 spiro atoms. The van der Waals surface area contributed by atoms with Gasteiger partial charge in [-0.3, -0.25) is 4.79 Å².